The van der Waals surface area contributed by atoms with Crippen LogP contribution in [0.2, 0.25) is 0 Å². The fourth-order valence-corrected chi connectivity index (χ4v) is 4.99. The summed E-state index contributed by atoms with van der Waals surface area (Å²) in [5, 5.41) is 0.886. The van der Waals surface area contributed by atoms with Crippen LogP contribution >= 0.6 is 11.9 Å². The smallest absolute Gasteiger partial charge is 0.124 e. The number of pyridine rings is 1. The van der Waals surface area contributed by atoms with Gasteiger partial charge in [0.15, 0.2) is 0 Å². The Hall–Kier alpha value is -2.63. The van der Waals surface area contributed by atoms with Crippen molar-refractivity contribution in [3.05, 3.63) is 83.9 Å². The molecule has 2 aliphatic rings. The van der Waals surface area contributed by atoms with Crippen LogP contribution in [0.1, 0.15) is 24.0 Å². The molecule has 0 unspecified atom stereocenters. The Labute approximate surface area is 187 Å². The number of nitrogens with zero attached hydrogens (tertiary/aromatic N) is 3. The van der Waals surface area contributed by atoms with Crippen molar-refractivity contribution >= 4 is 29.8 Å². The molecule has 1 aliphatic heterocycles. The van der Waals surface area contributed by atoms with E-state index in [4.69, 9.17) is 0 Å². The molecule has 5 rings (SSSR count). The number of hydrogen-bond acceptors (Lipinski definition) is 4. The zero-order chi connectivity index (χ0) is 21.0. The molecule has 2 fully saturated rings. The lowest BCUT2D eigenvalue weighted by molar-refractivity contribution is 0.429. The summed E-state index contributed by atoms with van der Waals surface area (Å²) < 4.78 is 16.7. The van der Waals surface area contributed by atoms with E-state index in [9.17, 15) is 4.39 Å². The molecule has 1 aliphatic carbocycles. The summed E-state index contributed by atoms with van der Waals surface area (Å²) in [5.74, 6) is -0.233. The molecule has 3 aromatic rings. The van der Waals surface area contributed by atoms with Gasteiger partial charge in [-0.3, -0.25) is 4.98 Å². The summed E-state index contributed by atoms with van der Waals surface area (Å²) in [7, 11) is 0. The van der Waals surface area contributed by atoms with Crippen molar-refractivity contribution in [1.29, 1.82) is 0 Å². The normalized spacial score (nSPS) is 17.4. The second-order valence-electron chi connectivity index (χ2n) is 8.15. The van der Waals surface area contributed by atoms with Crippen molar-refractivity contribution < 1.29 is 4.39 Å². The zero-order valence-corrected chi connectivity index (χ0v) is 18.3. The molecule has 0 atom stereocenters. The third-order valence-corrected chi connectivity index (χ3v) is 7.15. The topological polar surface area (TPSA) is 19.4 Å². The first-order valence-corrected chi connectivity index (χ1v) is 11.7. The van der Waals surface area contributed by atoms with E-state index < -0.39 is 0 Å². The average Bonchev–Trinajstić information content (AvgIpc) is 3.63. The Kier molecular flexibility index (Phi) is 6.05. The fraction of sp³-hybridized carbons (Fsp3) is 0.269. The lowest BCUT2D eigenvalue weighted by Crippen LogP contribution is -2.43. The van der Waals surface area contributed by atoms with E-state index in [1.54, 1.807) is 24.5 Å². The third-order valence-electron chi connectivity index (χ3n) is 5.72. The van der Waals surface area contributed by atoms with Gasteiger partial charge in [0.25, 0.3) is 0 Å². The maximum absolute atomic E-state index is 14.1. The molecule has 5 heteroatoms. The molecule has 1 aromatic heterocycles. The Balaban J connectivity index is 1.23. The lowest BCUT2D eigenvalue weighted by atomic mass is 10.0. The maximum Gasteiger partial charge on any atom is 0.124 e. The Bertz CT molecular complexity index is 1040. The average molecular weight is 432 g/mol. The number of hydrogen-bond donors (Lipinski definition) is 0. The van der Waals surface area contributed by atoms with Crippen molar-refractivity contribution in [2.75, 3.05) is 31.1 Å². The molecular weight excluding hydrogens is 405 g/mol. The summed E-state index contributed by atoms with van der Waals surface area (Å²) in [4.78, 5) is 6.50. The Morgan fingerprint density at radius 1 is 0.806 bits per heavy atom. The summed E-state index contributed by atoms with van der Waals surface area (Å²) >= 11 is 2.06. The quantitative estimate of drug-likeness (QED) is 0.352. The van der Waals surface area contributed by atoms with E-state index in [-0.39, 0.29) is 5.82 Å². The summed E-state index contributed by atoms with van der Waals surface area (Å²) in [6, 6.07) is 17.6. The van der Waals surface area contributed by atoms with Crippen LogP contribution in [0.15, 0.2) is 67.0 Å². The first-order valence-electron chi connectivity index (χ1n) is 10.9. The molecule has 0 N–H and O–H groups in total. The molecule has 1 saturated heterocycles. The van der Waals surface area contributed by atoms with Crippen molar-refractivity contribution in [2.24, 2.45) is 0 Å². The number of anilines is 1. The minimum absolute atomic E-state index is 0.233. The minimum Gasteiger partial charge on any atom is -0.369 e. The van der Waals surface area contributed by atoms with E-state index in [1.807, 2.05) is 30.4 Å². The fourth-order valence-electron chi connectivity index (χ4n) is 3.84. The van der Waals surface area contributed by atoms with Gasteiger partial charge < -0.3 is 4.90 Å². The van der Waals surface area contributed by atoms with Crippen LogP contribution in [0.5, 0.6) is 0 Å². The molecule has 2 aromatic carbocycles. The van der Waals surface area contributed by atoms with Gasteiger partial charge >= 0.3 is 0 Å². The van der Waals surface area contributed by atoms with Crippen LogP contribution in [0.25, 0.3) is 23.3 Å². The van der Waals surface area contributed by atoms with Gasteiger partial charge in [-0.25, -0.2) is 8.70 Å². The van der Waals surface area contributed by atoms with Crippen LogP contribution in [0, 0.1) is 5.82 Å². The predicted octanol–water partition coefficient (Wildman–Crippen LogP) is 5.99. The molecule has 0 bridgehead atoms. The molecule has 2 heterocycles. The molecule has 3 nitrogen and oxygen atoms in total. The SMILES string of the molecule is Fc1cc(/C=C/c2ccc(N3CCN(SC4CC4)CC3)cc2)cc(-c2ccncc2)c1. The van der Waals surface area contributed by atoms with Crippen molar-refractivity contribution in [1.82, 2.24) is 9.29 Å². The second-order valence-corrected chi connectivity index (χ2v) is 9.55. The monoisotopic (exact) mass is 431 g/mol. The van der Waals surface area contributed by atoms with Crippen LogP contribution in [0.4, 0.5) is 10.1 Å². The van der Waals surface area contributed by atoms with Gasteiger partial charge in [0.2, 0.25) is 0 Å². The number of rotatable bonds is 6. The van der Waals surface area contributed by atoms with Crippen molar-refractivity contribution in [3.8, 4) is 11.1 Å². The van der Waals surface area contributed by atoms with Crippen LogP contribution in [-0.4, -0.2) is 40.7 Å². The van der Waals surface area contributed by atoms with Gasteiger partial charge in [-0.2, -0.15) is 0 Å². The van der Waals surface area contributed by atoms with Crippen LogP contribution < -0.4 is 4.90 Å². The first-order chi connectivity index (χ1) is 15.2. The van der Waals surface area contributed by atoms with Crippen LogP contribution in [0.3, 0.4) is 0 Å². The highest BCUT2D eigenvalue weighted by atomic mass is 32.2. The van der Waals surface area contributed by atoms with Gasteiger partial charge in [-0.05, 0) is 77.6 Å². The molecule has 0 radical (unpaired) electrons. The molecule has 0 amide bonds. The predicted molar refractivity (Wildman–Crippen MR) is 129 cm³/mol. The van der Waals surface area contributed by atoms with Gasteiger partial charge in [0.1, 0.15) is 5.82 Å². The van der Waals surface area contributed by atoms with Crippen molar-refractivity contribution in [3.63, 3.8) is 0 Å². The third kappa shape index (κ3) is 5.35. The molecule has 1 saturated carbocycles. The first kappa shape index (κ1) is 20.3. The highest BCUT2D eigenvalue weighted by Gasteiger charge is 2.27. The Morgan fingerprint density at radius 2 is 1.52 bits per heavy atom. The molecule has 158 valence electrons. The highest BCUT2D eigenvalue weighted by Crippen LogP contribution is 2.36. The van der Waals surface area contributed by atoms with E-state index in [2.05, 4.69) is 50.4 Å². The number of halogens is 1. The summed E-state index contributed by atoms with van der Waals surface area (Å²) in [5.41, 5.74) is 5.06. The summed E-state index contributed by atoms with van der Waals surface area (Å²) in [6.45, 7) is 4.41. The standard InChI is InChI=1S/C26H26FN3S/c27-24-18-21(17-23(19-24)22-9-11-28-12-10-22)2-1-20-3-5-25(6-4-20)29-13-15-30(16-14-29)31-26-7-8-26/h1-6,9-12,17-19,26H,7-8,13-16H2/b2-1+. The minimum atomic E-state index is -0.233. The summed E-state index contributed by atoms with van der Waals surface area (Å²) in [6.07, 6.45) is 10.2. The van der Waals surface area contributed by atoms with Crippen LogP contribution in [-0.2, 0) is 0 Å². The largest absolute Gasteiger partial charge is 0.369 e. The van der Waals surface area contributed by atoms with E-state index in [1.165, 1.54) is 18.5 Å². The van der Waals surface area contributed by atoms with Gasteiger partial charge in [-0.1, -0.05) is 36.2 Å². The number of aromatic nitrogens is 1. The maximum atomic E-state index is 14.1. The molecular formula is C26H26FN3S. The second kappa shape index (κ2) is 9.25. The van der Waals surface area contributed by atoms with E-state index in [0.29, 0.717) is 0 Å². The molecule has 0 spiro atoms. The number of benzene rings is 2. The van der Waals surface area contributed by atoms with Gasteiger partial charge in [-0.15, -0.1) is 0 Å². The zero-order valence-electron chi connectivity index (χ0n) is 17.5. The van der Waals surface area contributed by atoms with E-state index in [0.717, 1.165) is 53.7 Å². The van der Waals surface area contributed by atoms with Gasteiger partial charge in [0.05, 0.1) is 0 Å². The van der Waals surface area contributed by atoms with Crippen molar-refractivity contribution in [2.45, 2.75) is 18.1 Å². The highest BCUT2D eigenvalue weighted by molar-refractivity contribution is 7.97. The van der Waals surface area contributed by atoms with Gasteiger partial charge in [0, 0.05) is 49.5 Å². The molecule has 31 heavy (non-hydrogen) atoms. The van der Waals surface area contributed by atoms with E-state index >= 15 is 0 Å². The number of piperazine rings is 1. The lowest BCUT2D eigenvalue weighted by Gasteiger charge is -2.35. The Morgan fingerprint density at radius 3 is 2.23 bits per heavy atom.